The topological polar surface area (TPSA) is 78.9 Å². The number of ether oxygens (including phenoxy) is 3. The van der Waals surface area contributed by atoms with Gasteiger partial charge < -0.3 is 14.2 Å². The molecule has 0 aromatic carbocycles. The molecule has 3 aliphatic rings. The predicted octanol–water partition coefficient (Wildman–Crippen LogP) is 4.77. The van der Waals surface area contributed by atoms with Gasteiger partial charge in [0.25, 0.3) is 0 Å². The second-order valence-electron chi connectivity index (χ2n) is 9.93. The average Bonchev–Trinajstić information content (AvgIpc) is 2.71. The van der Waals surface area contributed by atoms with E-state index >= 15 is 0 Å². The highest BCUT2D eigenvalue weighted by atomic mass is 16.6. The van der Waals surface area contributed by atoms with Gasteiger partial charge in [-0.1, -0.05) is 45.9 Å². The van der Waals surface area contributed by atoms with Crippen molar-refractivity contribution in [2.24, 2.45) is 29.6 Å². The maximum Gasteiger partial charge on any atom is 0.309 e. The summed E-state index contributed by atoms with van der Waals surface area (Å²) in [6.07, 6.45) is 9.78. The smallest absolute Gasteiger partial charge is 0.309 e. The van der Waals surface area contributed by atoms with Crippen LogP contribution in [0, 0.1) is 29.6 Å². The number of rotatable bonds is 7. The van der Waals surface area contributed by atoms with Crippen molar-refractivity contribution in [1.29, 1.82) is 0 Å². The molecule has 0 aromatic heterocycles. The van der Waals surface area contributed by atoms with Crippen LogP contribution in [0.5, 0.6) is 0 Å². The van der Waals surface area contributed by atoms with Crippen LogP contribution >= 0.6 is 0 Å². The lowest BCUT2D eigenvalue weighted by atomic mass is 9.65. The summed E-state index contributed by atoms with van der Waals surface area (Å²) < 4.78 is 16.9. The fourth-order valence-electron chi connectivity index (χ4n) is 5.38. The first kappa shape index (κ1) is 24.5. The van der Waals surface area contributed by atoms with Gasteiger partial charge >= 0.3 is 17.9 Å². The van der Waals surface area contributed by atoms with Gasteiger partial charge in [0.05, 0.1) is 12.3 Å². The maximum absolute atomic E-state index is 12.6. The SMILES string of the molecule is CC[C@@H](C)C(=O)O[C@H]1C[C@H](C)C=C2C=C[C@@H](C)[C@@H](CCC3C[C@@H](OC(C)=O)CC(=O)O3)[C@@H]21. The van der Waals surface area contributed by atoms with Crippen molar-refractivity contribution >= 4 is 17.9 Å². The predicted molar refractivity (Wildman–Crippen MR) is 120 cm³/mol. The van der Waals surface area contributed by atoms with E-state index in [1.54, 1.807) is 0 Å². The van der Waals surface area contributed by atoms with Crippen LogP contribution in [0.2, 0.25) is 0 Å². The molecule has 0 saturated carbocycles. The molecule has 3 rings (SSSR count). The Morgan fingerprint density at radius 1 is 1.19 bits per heavy atom. The Morgan fingerprint density at radius 2 is 1.94 bits per heavy atom. The van der Waals surface area contributed by atoms with E-state index in [0.29, 0.717) is 30.6 Å². The summed E-state index contributed by atoms with van der Waals surface area (Å²) in [5.74, 6) is 0.247. The monoisotopic (exact) mass is 446 g/mol. The van der Waals surface area contributed by atoms with Crippen molar-refractivity contribution in [2.75, 3.05) is 0 Å². The summed E-state index contributed by atoms with van der Waals surface area (Å²) in [4.78, 5) is 36.0. The number of esters is 3. The first-order chi connectivity index (χ1) is 15.2. The molecule has 1 aliphatic heterocycles. The lowest BCUT2D eigenvalue weighted by Crippen LogP contribution is -2.42. The molecule has 0 bridgehead atoms. The van der Waals surface area contributed by atoms with Crippen molar-refractivity contribution in [2.45, 2.75) is 91.5 Å². The van der Waals surface area contributed by atoms with Gasteiger partial charge in [-0.3, -0.25) is 14.4 Å². The fraction of sp³-hybridized carbons (Fsp3) is 0.731. The summed E-state index contributed by atoms with van der Waals surface area (Å²) in [6.45, 7) is 9.67. The summed E-state index contributed by atoms with van der Waals surface area (Å²) in [6, 6.07) is 0. The van der Waals surface area contributed by atoms with E-state index in [0.717, 1.165) is 19.3 Å². The van der Waals surface area contributed by atoms with Crippen LogP contribution in [0.3, 0.4) is 0 Å². The molecule has 0 spiro atoms. The van der Waals surface area contributed by atoms with Gasteiger partial charge in [0.2, 0.25) is 0 Å². The molecular formula is C26H38O6. The molecular weight excluding hydrogens is 408 g/mol. The molecule has 6 nitrogen and oxygen atoms in total. The van der Waals surface area contributed by atoms with Crippen LogP contribution in [0.4, 0.5) is 0 Å². The van der Waals surface area contributed by atoms with Crippen LogP contribution in [0.25, 0.3) is 0 Å². The summed E-state index contributed by atoms with van der Waals surface area (Å²) in [7, 11) is 0. The van der Waals surface area contributed by atoms with Crippen molar-refractivity contribution < 1.29 is 28.6 Å². The number of allylic oxidation sites excluding steroid dienone is 3. The highest BCUT2D eigenvalue weighted by Gasteiger charge is 2.42. The van der Waals surface area contributed by atoms with Crippen molar-refractivity contribution in [3.05, 3.63) is 23.8 Å². The molecule has 1 heterocycles. The van der Waals surface area contributed by atoms with Crippen molar-refractivity contribution in [1.82, 2.24) is 0 Å². The minimum Gasteiger partial charge on any atom is -0.462 e. The van der Waals surface area contributed by atoms with E-state index in [1.165, 1.54) is 12.5 Å². The Bertz CT molecular complexity index is 766. The Hall–Kier alpha value is -2.11. The minimum absolute atomic E-state index is 0.102. The summed E-state index contributed by atoms with van der Waals surface area (Å²) in [5, 5.41) is 0. The van der Waals surface area contributed by atoms with E-state index < -0.39 is 6.10 Å². The molecule has 1 unspecified atom stereocenters. The second kappa shape index (κ2) is 10.7. The number of cyclic esters (lactones) is 1. The molecule has 32 heavy (non-hydrogen) atoms. The van der Waals surface area contributed by atoms with Gasteiger partial charge in [0.1, 0.15) is 18.3 Å². The van der Waals surface area contributed by atoms with Crippen LogP contribution in [-0.4, -0.2) is 36.2 Å². The molecule has 178 valence electrons. The third kappa shape index (κ3) is 6.02. The van der Waals surface area contributed by atoms with Crippen LogP contribution in [0.15, 0.2) is 23.8 Å². The molecule has 2 aliphatic carbocycles. The normalized spacial score (nSPS) is 35.2. The van der Waals surface area contributed by atoms with Crippen LogP contribution in [0.1, 0.15) is 73.1 Å². The van der Waals surface area contributed by atoms with E-state index in [2.05, 4.69) is 32.1 Å². The van der Waals surface area contributed by atoms with Gasteiger partial charge in [0, 0.05) is 19.3 Å². The zero-order chi connectivity index (χ0) is 23.4. The largest absolute Gasteiger partial charge is 0.462 e. The number of carbonyl (C=O) groups excluding carboxylic acids is 3. The quantitative estimate of drug-likeness (QED) is 0.414. The first-order valence-electron chi connectivity index (χ1n) is 12.1. The third-order valence-corrected chi connectivity index (χ3v) is 7.25. The van der Waals surface area contributed by atoms with E-state index in [4.69, 9.17) is 14.2 Å². The number of hydrogen-bond acceptors (Lipinski definition) is 6. The van der Waals surface area contributed by atoms with E-state index in [1.807, 2.05) is 13.8 Å². The van der Waals surface area contributed by atoms with E-state index in [9.17, 15) is 14.4 Å². The zero-order valence-electron chi connectivity index (χ0n) is 20.0. The summed E-state index contributed by atoms with van der Waals surface area (Å²) >= 11 is 0. The van der Waals surface area contributed by atoms with Gasteiger partial charge in [-0.2, -0.15) is 0 Å². The number of carbonyl (C=O) groups is 3. The minimum atomic E-state index is -0.405. The summed E-state index contributed by atoms with van der Waals surface area (Å²) in [5.41, 5.74) is 1.26. The Labute approximate surface area is 191 Å². The lowest BCUT2D eigenvalue weighted by Gasteiger charge is -2.43. The molecule has 0 amide bonds. The van der Waals surface area contributed by atoms with Crippen LogP contribution < -0.4 is 0 Å². The van der Waals surface area contributed by atoms with Gasteiger partial charge in [0.15, 0.2) is 0 Å². The zero-order valence-corrected chi connectivity index (χ0v) is 20.0. The number of hydrogen-bond donors (Lipinski definition) is 0. The highest BCUT2D eigenvalue weighted by Crippen LogP contribution is 2.45. The maximum atomic E-state index is 12.6. The molecule has 8 atom stereocenters. The Morgan fingerprint density at radius 3 is 2.62 bits per heavy atom. The molecule has 6 heteroatoms. The van der Waals surface area contributed by atoms with Crippen LogP contribution in [-0.2, 0) is 28.6 Å². The Kier molecular flexibility index (Phi) is 8.18. The van der Waals surface area contributed by atoms with Gasteiger partial charge in [-0.15, -0.1) is 0 Å². The standard InChI is InChI=1S/C26H38O6/c1-6-16(3)26(29)32-23-12-15(2)11-19-8-7-17(4)22(25(19)23)10-9-20-13-21(30-18(5)27)14-24(28)31-20/h7-8,11,15-17,20-23,25H,6,9-10,12-14H2,1-5H3/t15-,16-,17-,20?,21-,22-,23+,25-/m1/s1. The average molecular weight is 447 g/mol. The Balaban J connectivity index is 1.72. The van der Waals surface area contributed by atoms with Gasteiger partial charge in [-0.05, 0) is 49.0 Å². The molecule has 0 radical (unpaired) electrons. The fourth-order valence-corrected chi connectivity index (χ4v) is 5.38. The van der Waals surface area contributed by atoms with Crippen molar-refractivity contribution in [3.8, 4) is 0 Å². The number of fused-ring (bicyclic) bond motifs is 1. The molecule has 0 aromatic rings. The molecule has 1 saturated heterocycles. The van der Waals surface area contributed by atoms with Crippen molar-refractivity contribution in [3.63, 3.8) is 0 Å². The molecule has 0 N–H and O–H groups in total. The first-order valence-corrected chi connectivity index (χ1v) is 12.1. The second-order valence-corrected chi connectivity index (χ2v) is 9.93. The third-order valence-electron chi connectivity index (χ3n) is 7.25. The lowest BCUT2D eigenvalue weighted by molar-refractivity contribution is -0.169. The molecule has 1 fully saturated rings. The van der Waals surface area contributed by atoms with E-state index in [-0.39, 0.29) is 48.4 Å². The highest BCUT2D eigenvalue weighted by molar-refractivity contribution is 5.73. The van der Waals surface area contributed by atoms with Gasteiger partial charge in [-0.25, -0.2) is 0 Å².